The lowest BCUT2D eigenvalue weighted by Crippen LogP contribution is -2.12. The van der Waals surface area contributed by atoms with Crippen molar-refractivity contribution < 1.29 is 9.53 Å². The zero-order chi connectivity index (χ0) is 20.4. The number of methoxy groups -OCH3 is 1. The number of nitrogens with one attached hydrogen (secondary N) is 1. The van der Waals surface area contributed by atoms with Crippen LogP contribution in [0.5, 0.6) is 5.75 Å². The Hall–Kier alpha value is -2.54. The predicted molar refractivity (Wildman–Crippen MR) is 118 cm³/mol. The highest BCUT2D eigenvalue weighted by molar-refractivity contribution is 7.15. The Balaban J connectivity index is 1.43. The number of ether oxygens (including phenoxy) is 1. The topological polar surface area (TPSA) is 55.6 Å². The number of carbonyl (C=O) groups is 1. The van der Waals surface area contributed by atoms with Gasteiger partial charge < -0.3 is 10.1 Å². The first kappa shape index (κ1) is 19.8. The van der Waals surface area contributed by atoms with Crippen molar-refractivity contribution in [2.45, 2.75) is 12.8 Å². The Morgan fingerprint density at radius 2 is 2.00 bits per heavy atom. The van der Waals surface area contributed by atoms with Crippen molar-refractivity contribution in [3.8, 4) is 17.0 Å². The van der Waals surface area contributed by atoms with Gasteiger partial charge in [0.05, 0.1) is 17.8 Å². The molecular weight excluding hydrogens is 429 g/mol. The first-order valence-electron chi connectivity index (χ1n) is 8.88. The van der Waals surface area contributed by atoms with Gasteiger partial charge in [-0.25, -0.2) is 4.98 Å². The first-order chi connectivity index (χ1) is 14.0. The van der Waals surface area contributed by atoms with Gasteiger partial charge in [-0.2, -0.15) is 0 Å². The summed E-state index contributed by atoms with van der Waals surface area (Å²) in [5, 5.41) is 6.05. The molecule has 0 radical (unpaired) electrons. The molecule has 1 N–H and O–H groups in total. The summed E-state index contributed by atoms with van der Waals surface area (Å²) in [7, 11) is 1.55. The average molecular weight is 446 g/mol. The van der Waals surface area contributed by atoms with Crippen molar-refractivity contribution in [3.05, 3.63) is 69.8 Å². The molecule has 29 heavy (non-hydrogen) atoms. The van der Waals surface area contributed by atoms with Crippen molar-refractivity contribution in [1.82, 2.24) is 9.38 Å². The van der Waals surface area contributed by atoms with Gasteiger partial charge in [0.1, 0.15) is 5.75 Å². The molecule has 4 rings (SSSR count). The Morgan fingerprint density at radius 3 is 2.72 bits per heavy atom. The molecule has 0 atom stereocenters. The van der Waals surface area contributed by atoms with Gasteiger partial charge in [0.25, 0.3) is 0 Å². The van der Waals surface area contributed by atoms with E-state index in [2.05, 4.69) is 10.3 Å². The van der Waals surface area contributed by atoms with Crippen LogP contribution in [0.1, 0.15) is 12.1 Å². The highest BCUT2D eigenvalue weighted by Gasteiger charge is 2.12. The van der Waals surface area contributed by atoms with Crippen LogP contribution in [-0.4, -0.2) is 22.4 Å². The number of carbonyl (C=O) groups excluding carboxylic acids is 1. The zero-order valence-electron chi connectivity index (χ0n) is 15.5. The summed E-state index contributed by atoms with van der Waals surface area (Å²) in [6.45, 7) is 0. The highest BCUT2D eigenvalue weighted by Crippen LogP contribution is 2.28. The van der Waals surface area contributed by atoms with Gasteiger partial charge in [-0.15, -0.1) is 11.3 Å². The third kappa shape index (κ3) is 4.40. The molecule has 0 unspecified atom stereocenters. The van der Waals surface area contributed by atoms with E-state index in [-0.39, 0.29) is 5.91 Å². The second-order valence-corrected chi connectivity index (χ2v) is 8.09. The van der Waals surface area contributed by atoms with E-state index in [1.54, 1.807) is 36.6 Å². The number of amides is 1. The fourth-order valence-electron chi connectivity index (χ4n) is 2.98. The van der Waals surface area contributed by atoms with Crippen LogP contribution in [0.2, 0.25) is 10.0 Å². The number of hydrogen-bond donors (Lipinski definition) is 1. The average Bonchev–Trinajstić information content (AvgIpc) is 3.28. The van der Waals surface area contributed by atoms with E-state index in [4.69, 9.17) is 27.9 Å². The van der Waals surface area contributed by atoms with Crippen LogP contribution in [-0.2, 0) is 11.2 Å². The molecule has 8 heteroatoms. The van der Waals surface area contributed by atoms with Crippen LogP contribution in [0.25, 0.3) is 16.2 Å². The van der Waals surface area contributed by atoms with Crippen molar-refractivity contribution in [2.75, 3.05) is 12.4 Å². The van der Waals surface area contributed by atoms with E-state index < -0.39 is 0 Å². The first-order valence-corrected chi connectivity index (χ1v) is 10.5. The van der Waals surface area contributed by atoms with Gasteiger partial charge in [-0.05, 0) is 36.8 Å². The van der Waals surface area contributed by atoms with Crippen LogP contribution in [0, 0.1) is 0 Å². The van der Waals surface area contributed by atoms with Gasteiger partial charge in [-0.3, -0.25) is 9.20 Å². The number of aryl methyl sites for hydroxylation is 1. The number of benzene rings is 2. The number of thiazole rings is 1. The molecule has 148 valence electrons. The molecule has 0 fully saturated rings. The summed E-state index contributed by atoms with van der Waals surface area (Å²) in [6, 6.07) is 12.8. The molecule has 0 saturated heterocycles. The predicted octanol–water partition coefficient (Wildman–Crippen LogP) is 5.95. The normalized spacial score (nSPS) is 11.0. The van der Waals surface area contributed by atoms with Crippen molar-refractivity contribution in [2.24, 2.45) is 0 Å². The molecule has 1 amide bonds. The Kier molecular flexibility index (Phi) is 5.76. The minimum Gasteiger partial charge on any atom is -0.495 e. The summed E-state index contributed by atoms with van der Waals surface area (Å²) >= 11 is 13.6. The maximum absolute atomic E-state index is 12.3. The second kappa shape index (κ2) is 8.45. The van der Waals surface area contributed by atoms with Gasteiger partial charge in [0.2, 0.25) is 5.91 Å². The number of anilines is 1. The standard InChI is InChI=1S/C21H17Cl2N3O2S/c1-28-19-8-6-15(10-17(19)23)24-20(27)9-7-16-12-29-21-25-18(11-26(16)21)13-2-4-14(22)5-3-13/h2-6,8,10-12H,7,9H2,1H3,(H,24,27). The van der Waals surface area contributed by atoms with E-state index in [0.29, 0.717) is 34.3 Å². The Bertz CT molecular complexity index is 1170. The monoisotopic (exact) mass is 445 g/mol. The van der Waals surface area contributed by atoms with Crippen LogP contribution in [0.3, 0.4) is 0 Å². The van der Waals surface area contributed by atoms with Crippen LogP contribution < -0.4 is 10.1 Å². The summed E-state index contributed by atoms with van der Waals surface area (Å²) in [5.74, 6) is 0.491. The van der Waals surface area contributed by atoms with Crippen LogP contribution in [0.15, 0.2) is 54.0 Å². The molecule has 0 aliphatic heterocycles. The molecule has 5 nitrogen and oxygen atoms in total. The van der Waals surface area contributed by atoms with E-state index >= 15 is 0 Å². The van der Waals surface area contributed by atoms with E-state index in [1.807, 2.05) is 40.2 Å². The van der Waals surface area contributed by atoms with Crippen molar-refractivity contribution >= 4 is 51.1 Å². The summed E-state index contributed by atoms with van der Waals surface area (Å²) in [5.41, 5.74) is 3.57. The number of hydrogen-bond acceptors (Lipinski definition) is 4. The minimum atomic E-state index is -0.0800. The molecule has 2 heterocycles. The molecule has 4 aromatic rings. The van der Waals surface area contributed by atoms with Gasteiger partial charge in [-0.1, -0.05) is 35.3 Å². The number of nitrogens with zero attached hydrogens (tertiary/aromatic N) is 2. The molecule has 2 aromatic carbocycles. The Morgan fingerprint density at radius 1 is 1.21 bits per heavy atom. The summed E-state index contributed by atoms with van der Waals surface area (Å²) in [4.78, 5) is 17.9. The van der Waals surface area contributed by atoms with Crippen LogP contribution >= 0.6 is 34.5 Å². The molecule has 0 saturated carbocycles. The van der Waals surface area contributed by atoms with E-state index in [0.717, 1.165) is 21.9 Å². The van der Waals surface area contributed by atoms with Crippen molar-refractivity contribution in [1.29, 1.82) is 0 Å². The molecule has 0 bridgehead atoms. The molecular formula is C21H17Cl2N3O2S. The highest BCUT2D eigenvalue weighted by atomic mass is 35.5. The second-order valence-electron chi connectivity index (χ2n) is 6.41. The maximum atomic E-state index is 12.3. The van der Waals surface area contributed by atoms with Gasteiger partial charge >= 0.3 is 0 Å². The Labute approximate surface area is 181 Å². The largest absolute Gasteiger partial charge is 0.495 e. The van der Waals surface area contributed by atoms with Crippen molar-refractivity contribution in [3.63, 3.8) is 0 Å². The van der Waals surface area contributed by atoms with Gasteiger partial charge in [0.15, 0.2) is 4.96 Å². The number of imidazole rings is 1. The van der Waals surface area contributed by atoms with Gasteiger partial charge in [0, 0.05) is 40.0 Å². The third-order valence-electron chi connectivity index (χ3n) is 4.47. The summed E-state index contributed by atoms with van der Waals surface area (Å²) in [6.07, 6.45) is 2.95. The lowest BCUT2D eigenvalue weighted by atomic mass is 10.2. The summed E-state index contributed by atoms with van der Waals surface area (Å²) < 4.78 is 7.16. The quantitative estimate of drug-likeness (QED) is 0.398. The molecule has 0 aliphatic rings. The lowest BCUT2D eigenvalue weighted by Gasteiger charge is -2.08. The van der Waals surface area contributed by atoms with E-state index in [9.17, 15) is 4.79 Å². The number of aromatic nitrogens is 2. The SMILES string of the molecule is COc1ccc(NC(=O)CCc2csc3nc(-c4ccc(Cl)cc4)cn23)cc1Cl. The zero-order valence-corrected chi connectivity index (χ0v) is 17.8. The van der Waals surface area contributed by atoms with E-state index in [1.165, 1.54) is 0 Å². The fourth-order valence-corrected chi connectivity index (χ4v) is 4.27. The molecule has 0 spiro atoms. The number of halogens is 2. The van der Waals surface area contributed by atoms with Crippen LogP contribution in [0.4, 0.5) is 5.69 Å². The number of rotatable bonds is 6. The molecule has 2 aromatic heterocycles. The fraction of sp³-hybridized carbons (Fsp3) is 0.143. The maximum Gasteiger partial charge on any atom is 0.224 e. The lowest BCUT2D eigenvalue weighted by molar-refractivity contribution is -0.116. The number of fused-ring (bicyclic) bond motifs is 1. The third-order valence-corrected chi connectivity index (χ3v) is 5.90. The smallest absolute Gasteiger partial charge is 0.224 e. The molecule has 0 aliphatic carbocycles. The minimum absolute atomic E-state index is 0.0800.